The third-order valence-electron chi connectivity index (χ3n) is 7.20. The molecule has 0 spiro atoms. The summed E-state index contributed by atoms with van der Waals surface area (Å²) >= 11 is 0. The molecule has 0 bridgehead atoms. The second-order valence-corrected chi connectivity index (χ2v) is 9.33. The molecule has 0 N–H and O–H groups in total. The maximum atomic E-state index is 13.5. The molecule has 1 aliphatic heterocycles. The molecule has 1 amide bonds. The summed E-state index contributed by atoms with van der Waals surface area (Å²) in [5.41, 5.74) is 4.35. The molecule has 1 aromatic carbocycles. The average molecular weight is 472 g/mol. The fourth-order valence-electron chi connectivity index (χ4n) is 4.63. The molecule has 180 valence electrons. The number of hydrogen-bond acceptors (Lipinski definition) is 6. The lowest BCUT2D eigenvalue weighted by atomic mass is 9.79. The zero-order valence-corrected chi connectivity index (χ0v) is 20.5. The Labute approximate surface area is 204 Å². The van der Waals surface area contributed by atoms with Crippen LogP contribution in [-0.4, -0.2) is 50.7 Å². The number of carbonyl (C=O) groups excluding carboxylic acids is 1. The molecule has 8 nitrogen and oxygen atoms in total. The number of benzene rings is 1. The van der Waals surface area contributed by atoms with Gasteiger partial charge in [0.15, 0.2) is 5.82 Å². The summed E-state index contributed by atoms with van der Waals surface area (Å²) in [5, 5.41) is 4.27. The lowest BCUT2D eigenvalue weighted by Gasteiger charge is -2.37. The van der Waals surface area contributed by atoms with Crippen LogP contribution < -0.4 is 4.74 Å². The van der Waals surface area contributed by atoms with Crippen LogP contribution >= 0.6 is 0 Å². The van der Waals surface area contributed by atoms with E-state index in [1.54, 1.807) is 19.5 Å². The van der Waals surface area contributed by atoms with E-state index < -0.39 is 0 Å². The Morgan fingerprint density at radius 3 is 2.40 bits per heavy atom. The third kappa shape index (κ3) is 4.20. The van der Waals surface area contributed by atoms with Gasteiger partial charge in [-0.1, -0.05) is 12.1 Å². The highest BCUT2D eigenvalue weighted by atomic mass is 16.5. The van der Waals surface area contributed by atoms with Crippen LogP contribution in [0.25, 0.3) is 22.7 Å². The third-order valence-corrected chi connectivity index (χ3v) is 7.20. The highest BCUT2D eigenvalue weighted by Gasteiger charge is 2.38. The van der Waals surface area contributed by atoms with Gasteiger partial charge in [-0.2, -0.15) is 4.98 Å². The van der Waals surface area contributed by atoms with Gasteiger partial charge in [-0.05, 0) is 67.8 Å². The largest absolute Gasteiger partial charge is 0.497 e. The summed E-state index contributed by atoms with van der Waals surface area (Å²) in [4.78, 5) is 24.1. The second-order valence-electron chi connectivity index (χ2n) is 9.33. The first-order chi connectivity index (χ1) is 16.9. The van der Waals surface area contributed by atoms with Gasteiger partial charge in [-0.15, -0.1) is 0 Å². The van der Waals surface area contributed by atoms with Gasteiger partial charge in [0.05, 0.1) is 12.7 Å². The molecule has 0 saturated carbocycles. The number of nitrogens with zero attached hydrogens (tertiary/aromatic N) is 5. The van der Waals surface area contributed by atoms with Crippen molar-refractivity contribution in [1.82, 2.24) is 24.6 Å². The monoisotopic (exact) mass is 471 g/mol. The lowest BCUT2D eigenvalue weighted by molar-refractivity contribution is 0.0669. The van der Waals surface area contributed by atoms with Crippen LogP contribution in [0.5, 0.6) is 5.75 Å². The number of likely N-dealkylation sites (tertiary alicyclic amines) is 1. The van der Waals surface area contributed by atoms with Crippen molar-refractivity contribution in [2.45, 2.75) is 32.1 Å². The van der Waals surface area contributed by atoms with Gasteiger partial charge in [0.2, 0.25) is 0 Å². The van der Waals surface area contributed by atoms with E-state index in [9.17, 15) is 4.79 Å². The van der Waals surface area contributed by atoms with Crippen LogP contribution in [0.2, 0.25) is 0 Å². The normalized spacial score (nSPS) is 15.3. The number of carbonyl (C=O) groups is 1. The Morgan fingerprint density at radius 2 is 1.74 bits per heavy atom. The number of piperidine rings is 1. The lowest BCUT2D eigenvalue weighted by Crippen LogP contribution is -2.44. The Bertz CT molecular complexity index is 1330. The first kappa shape index (κ1) is 22.8. The van der Waals surface area contributed by atoms with Crippen molar-refractivity contribution in [1.29, 1.82) is 0 Å². The number of aromatic nitrogens is 4. The van der Waals surface area contributed by atoms with Crippen LogP contribution in [0.15, 0.2) is 59.4 Å². The molecule has 4 heterocycles. The summed E-state index contributed by atoms with van der Waals surface area (Å²) < 4.78 is 12.9. The molecule has 35 heavy (non-hydrogen) atoms. The minimum Gasteiger partial charge on any atom is -0.497 e. The zero-order valence-electron chi connectivity index (χ0n) is 20.5. The van der Waals surface area contributed by atoms with Gasteiger partial charge < -0.3 is 18.7 Å². The molecule has 0 atom stereocenters. The van der Waals surface area contributed by atoms with Crippen LogP contribution in [-0.2, 0) is 12.5 Å². The molecule has 1 aliphatic rings. The average Bonchev–Trinajstić information content (AvgIpc) is 3.51. The van der Waals surface area contributed by atoms with Gasteiger partial charge >= 0.3 is 0 Å². The van der Waals surface area contributed by atoms with Crippen molar-refractivity contribution in [2.24, 2.45) is 7.05 Å². The van der Waals surface area contributed by atoms with E-state index in [4.69, 9.17) is 9.26 Å². The molecule has 0 aliphatic carbocycles. The zero-order chi connectivity index (χ0) is 24.6. The molecule has 4 aromatic rings. The Morgan fingerprint density at radius 1 is 1.06 bits per heavy atom. The number of amides is 1. The molecule has 1 saturated heterocycles. The summed E-state index contributed by atoms with van der Waals surface area (Å²) in [6.45, 7) is 5.42. The Kier molecular flexibility index (Phi) is 5.88. The van der Waals surface area contributed by atoms with E-state index in [-0.39, 0.29) is 11.3 Å². The second kappa shape index (κ2) is 9.02. The van der Waals surface area contributed by atoms with E-state index in [0.29, 0.717) is 24.8 Å². The molecule has 3 aromatic heterocycles. The van der Waals surface area contributed by atoms with Gasteiger partial charge in [-0.25, -0.2) is 0 Å². The van der Waals surface area contributed by atoms with E-state index >= 15 is 0 Å². The summed E-state index contributed by atoms with van der Waals surface area (Å²) in [7, 11) is 3.65. The van der Waals surface area contributed by atoms with Crippen LogP contribution in [0, 0.1) is 6.92 Å². The number of methoxy groups -OCH3 is 1. The first-order valence-corrected chi connectivity index (χ1v) is 11.7. The van der Waals surface area contributed by atoms with Crippen LogP contribution in [0.3, 0.4) is 0 Å². The van der Waals surface area contributed by atoms with Crippen molar-refractivity contribution >= 4 is 5.91 Å². The van der Waals surface area contributed by atoms with Gasteiger partial charge in [0.25, 0.3) is 11.8 Å². The van der Waals surface area contributed by atoms with Gasteiger partial charge in [-0.3, -0.25) is 9.78 Å². The molecule has 8 heteroatoms. The van der Waals surface area contributed by atoms with E-state index in [1.165, 1.54) is 0 Å². The number of ether oxygens (including phenoxy) is 1. The number of rotatable bonds is 5. The maximum Gasteiger partial charge on any atom is 0.258 e. The Balaban J connectivity index is 1.31. The van der Waals surface area contributed by atoms with Crippen molar-refractivity contribution in [3.63, 3.8) is 0 Å². The minimum absolute atomic E-state index is 0.0606. The highest BCUT2D eigenvalue weighted by molar-refractivity contribution is 5.97. The Hall–Kier alpha value is -3.94. The molecule has 1 fully saturated rings. The SMILES string of the molecule is COc1ccc(-c2cc(C(=O)N3CCC(C)(c4noc(-c5ccncc5)n4)CC3)c(C)n2C)cc1. The van der Waals surface area contributed by atoms with E-state index in [0.717, 1.165) is 46.7 Å². The van der Waals surface area contributed by atoms with Crippen molar-refractivity contribution < 1.29 is 14.1 Å². The molecular weight excluding hydrogens is 442 g/mol. The molecule has 0 unspecified atom stereocenters. The fourth-order valence-corrected chi connectivity index (χ4v) is 4.63. The summed E-state index contributed by atoms with van der Waals surface area (Å²) in [6.07, 6.45) is 4.95. The number of hydrogen-bond donors (Lipinski definition) is 0. The summed E-state index contributed by atoms with van der Waals surface area (Å²) in [6, 6.07) is 13.6. The van der Waals surface area contributed by atoms with Crippen LogP contribution in [0.4, 0.5) is 0 Å². The van der Waals surface area contributed by atoms with Gasteiger partial charge in [0.1, 0.15) is 5.75 Å². The van der Waals surface area contributed by atoms with Crippen molar-refractivity contribution in [2.75, 3.05) is 20.2 Å². The minimum atomic E-state index is -0.244. The molecule has 5 rings (SSSR count). The highest BCUT2D eigenvalue weighted by Crippen LogP contribution is 2.35. The predicted octanol–water partition coefficient (Wildman–Crippen LogP) is 4.65. The smallest absolute Gasteiger partial charge is 0.258 e. The quantitative estimate of drug-likeness (QED) is 0.421. The molecule has 0 radical (unpaired) electrons. The maximum absolute atomic E-state index is 13.5. The number of pyridine rings is 1. The van der Waals surface area contributed by atoms with Crippen molar-refractivity contribution in [3.8, 4) is 28.5 Å². The molecular formula is C27H29N5O3. The van der Waals surface area contributed by atoms with Crippen LogP contribution in [0.1, 0.15) is 41.6 Å². The van der Waals surface area contributed by atoms with Crippen molar-refractivity contribution in [3.05, 3.63) is 71.9 Å². The van der Waals surface area contributed by atoms with E-state index in [1.807, 2.05) is 61.3 Å². The first-order valence-electron chi connectivity index (χ1n) is 11.7. The van der Waals surface area contributed by atoms with Gasteiger partial charge in [0, 0.05) is 54.9 Å². The topological polar surface area (TPSA) is 86.3 Å². The standard InChI is InChI=1S/C27H29N5O3/c1-18-22(17-23(31(18)3)19-5-7-21(34-4)8-6-19)25(33)32-15-11-27(2,12-16-32)26-29-24(35-30-26)20-9-13-28-14-10-20/h5-10,13-14,17H,11-12,15-16H2,1-4H3. The predicted molar refractivity (Wildman–Crippen MR) is 132 cm³/mol. The fraction of sp³-hybridized carbons (Fsp3) is 0.333. The van der Waals surface area contributed by atoms with E-state index in [2.05, 4.69) is 26.6 Å². The summed E-state index contributed by atoms with van der Waals surface area (Å²) in [5.74, 6) is 2.05.